The van der Waals surface area contributed by atoms with Crippen LogP contribution in [0.25, 0.3) is 0 Å². The van der Waals surface area contributed by atoms with Crippen molar-refractivity contribution in [1.29, 1.82) is 0 Å². The number of phenols is 1. The van der Waals surface area contributed by atoms with Crippen molar-refractivity contribution in [3.8, 4) is 5.75 Å². The van der Waals surface area contributed by atoms with Crippen LogP contribution in [0.3, 0.4) is 0 Å². The molecule has 3 aromatic carbocycles. The van der Waals surface area contributed by atoms with Crippen LogP contribution in [0.4, 0.5) is 5.69 Å². The first-order valence-corrected chi connectivity index (χ1v) is 10.8. The Hall–Kier alpha value is -3.98. The van der Waals surface area contributed by atoms with Crippen LogP contribution in [0, 0.1) is 0 Å². The molecule has 8 nitrogen and oxygen atoms in total. The number of para-hydroxylation sites is 2. The SMILES string of the molecule is O=C(CN(C1=NS(=O)(=O)c2ccccc21)c1ccccc1)N/N=C/c1ccccc1O. The molecular weight excluding hydrogens is 416 g/mol. The third-order valence-electron chi connectivity index (χ3n) is 4.57. The van der Waals surface area contributed by atoms with Crippen LogP contribution >= 0.6 is 0 Å². The number of carbonyl (C=O) groups is 1. The maximum absolute atomic E-state index is 12.6. The molecule has 0 unspecified atom stereocenters. The first kappa shape index (κ1) is 20.3. The van der Waals surface area contributed by atoms with Crippen molar-refractivity contribution in [3.05, 3.63) is 90.0 Å². The molecule has 0 atom stereocenters. The number of anilines is 1. The molecule has 156 valence electrons. The fraction of sp³-hybridized carbons (Fsp3) is 0.0455. The van der Waals surface area contributed by atoms with E-state index in [9.17, 15) is 18.3 Å². The molecule has 1 heterocycles. The molecule has 1 amide bonds. The molecule has 0 bridgehead atoms. The number of hydrogen-bond acceptors (Lipinski definition) is 6. The molecule has 0 radical (unpaired) electrons. The number of aromatic hydroxyl groups is 1. The summed E-state index contributed by atoms with van der Waals surface area (Å²) in [6, 6.07) is 22.0. The van der Waals surface area contributed by atoms with E-state index in [1.807, 2.05) is 6.07 Å². The van der Waals surface area contributed by atoms with Gasteiger partial charge in [-0.3, -0.25) is 4.79 Å². The van der Waals surface area contributed by atoms with Crippen molar-refractivity contribution in [2.24, 2.45) is 9.50 Å². The molecule has 0 spiro atoms. The molecule has 3 aromatic rings. The second-order valence-corrected chi connectivity index (χ2v) is 8.23. The van der Waals surface area contributed by atoms with Gasteiger partial charge in [-0.2, -0.15) is 13.5 Å². The third kappa shape index (κ3) is 4.31. The van der Waals surface area contributed by atoms with Gasteiger partial charge in [-0.1, -0.05) is 42.5 Å². The number of hydrogen-bond donors (Lipinski definition) is 2. The van der Waals surface area contributed by atoms with Crippen LogP contribution in [-0.2, 0) is 14.8 Å². The first-order valence-electron chi connectivity index (χ1n) is 9.32. The van der Waals surface area contributed by atoms with Gasteiger partial charge in [-0.15, -0.1) is 4.40 Å². The highest BCUT2D eigenvalue weighted by Crippen LogP contribution is 2.29. The lowest BCUT2D eigenvalue weighted by atomic mass is 10.1. The third-order valence-corrected chi connectivity index (χ3v) is 5.89. The average Bonchev–Trinajstić information content (AvgIpc) is 3.05. The summed E-state index contributed by atoms with van der Waals surface area (Å²) in [5.74, 6) is -0.282. The van der Waals surface area contributed by atoms with Crippen LogP contribution in [0.1, 0.15) is 11.1 Å². The van der Waals surface area contributed by atoms with Crippen LogP contribution in [0.15, 0.2) is 93.3 Å². The lowest BCUT2D eigenvalue weighted by molar-refractivity contribution is -0.119. The van der Waals surface area contributed by atoms with Crippen molar-refractivity contribution >= 4 is 33.7 Å². The zero-order chi connectivity index (χ0) is 21.8. The van der Waals surface area contributed by atoms with Gasteiger partial charge in [0.05, 0.1) is 6.21 Å². The second-order valence-electron chi connectivity index (χ2n) is 6.66. The van der Waals surface area contributed by atoms with Gasteiger partial charge in [0.15, 0.2) is 5.84 Å². The Morgan fingerprint density at radius 2 is 1.68 bits per heavy atom. The number of rotatable bonds is 5. The summed E-state index contributed by atoms with van der Waals surface area (Å²) in [7, 11) is -3.84. The summed E-state index contributed by atoms with van der Waals surface area (Å²) >= 11 is 0. The van der Waals surface area contributed by atoms with E-state index in [4.69, 9.17) is 0 Å². The number of nitrogens with zero attached hydrogens (tertiary/aromatic N) is 3. The Morgan fingerprint density at radius 3 is 2.45 bits per heavy atom. The monoisotopic (exact) mass is 434 g/mol. The number of phenolic OH excluding ortho intramolecular Hbond substituents is 1. The number of benzene rings is 3. The number of amidine groups is 1. The number of hydrazone groups is 1. The van der Waals surface area contributed by atoms with Crippen molar-refractivity contribution < 1.29 is 18.3 Å². The van der Waals surface area contributed by atoms with E-state index in [1.165, 1.54) is 23.2 Å². The number of carbonyl (C=O) groups excluding carboxylic acids is 1. The maximum atomic E-state index is 12.6. The fourth-order valence-electron chi connectivity index (χ4n) is 3.13. The lowest BCUT2D eigenvalue weighted by Gasteiger charge is -2.23. The van der Waals surface area contributed by atoms with Crippen LogP contribution in [0.2, 0.25) is 0 Å². The average molecular weight is 434 g/mol. The Morgan fingerprint density at radius 1 is 1.00 bits per heavy atom. The lowest BCUT2D eigenvalue weighted by Crippen LogP contribution is -2.39. The molecule has 0 aliphatic carbocycles. The quantitative estimate of drug-likeness (QED) is 0.473. The summed E-state index contributed by atoms with van der Waals surface area (Å²) < 4.78 is 28.9. The number of fused-ring (bicyclic) bond motifs is 1. The Bertz CT molecular complexity index is 1290. The molecule has 0 aromatic heterocycles. The van der Waals surface area contributed by atoms with Gasteiger partial charge in [0.25, 0.3) is 15.9 Å². The van der Waals surface area contributed by atoms with E-state index < -0.39 is 15.9 Å². The largest absolute Gasteiger partial charge is 0.507 e. The minimum atomic E-state index is -3.84. The van der Waals surface area contributed by atoms with Crippen LogP contribution in [-0.4, -0.2) is 38.0 Å². The highest BCUT2D eigenvalue weighted by molar-refractivity contribution is 7.90. The summed E-state index contributed by atoms with van der Waals surface area (Å²) in [6.45, 7) is -0.217. The zero-order valence-electron chi connectivity index (χ0n) is 16.2. The molecule has 0 saturated heterocycles. The summed E-state index contributed by atoms with van der Waals surface area (Å²) in [5, 5.41) is 13.6. The van der Waals surface area contributed by atoms with Gasteiger partial charge < -0.3 is 10.0 Å². The molecule has 31 heavy (non-hydrogen) atoms. The minimum Gasteiger partial charge on any atom is -0.507 e. The molecule has 0 saturated carbocycles. The predicted molar refractivity (Wildman–Crippen MR) is 118 cm³/mol. The van der Waals surface area contributed by atoms with Crippen molar-refractivity contribution in [3.63, 3.8) is 0 Å². The maximum Gasteiger partial charge on any atom is 0.285 e. The molecule has 1 aliphatic heterocycles. The van der Waals surface area contributed by atoms with Crippen molar-refractivity contribution in [2.75, 3.05) is 11.4 Å². The van der Waals surface area contributed by atoms with Gasteiger partial charge in [-0.25, -0.2) is 5.43 Å². The molecule has 4 rings (SSSR count). The van der Waals surface area contributed by atoms with Crippen LogP contribution < -0.4 is 10.3 Å². The van der Waals surface area contributed by atoms with E-state index in [0.717, 1.165) is 0 Å². The van der Waals surface area contributed by atoms with Crippen molar-refractivity contribution in [2.45, 2.75) is 4.90 Å². The van der Waals surface area contributed by atoms with E-state index in [-0.39, 0.29) is 23.0 Å². The Kier molecular flexibility index (Phi) is 5.50. The molecule has 2 N–H and O–H groups in total. The molecule has 0 fully saturated rings. The van der Waals surface area contributed by atoms with Crippen molar-refractivity contribution in [1.82, 2.24) is 5.43 Å². The molecule has 9 heteroatoms. The molecule has 1 aliphatic rings. The summed E-state index contributed by atoms with van der Waals surface area (Å²) in [6.07, 6.45) is 1.33. The van der Waals surface area contributed by atoms with Gasteiger partial charge in [0.2, 0.25) is 0 Å². The summed E-state index contributed by atoms with van der Waals surface area (Å²) in [5.41, 5.74) is 3.88. The first-order chi connectivity index (χ1) is 15.0. The van der Waals surface area contributed by atoms with Gasteiger partial charge in [-0.05, 0) is 36.4 Å². The minimum absolute atomic E-state index is 0.0357. The summed E-state index contributed by atoms with van der Waals surface area (Å²) in [4.78, 5) is 14.2. The van der Waals surface area contributed by atoms with E-state index in [1.54, 1.807) is 60.7 Å². The standard InChI is InChI=1S/C22H18N4O4S/c27-19-12-6-4-8-16(19)14-23-24-21(28)15-26(17-9-2-1-3-10-17)22-18-11-5-7-13-20(18)31(29,30)25-22/h1-14,27H,15H2,(H,24,28)/b23-14+. The highest BCUT2D eigenvalue weighted by atomic mass is 32.2. The highest BCUT2D eigenvalue weighted by Gasteiger charge is 2.33. The topological polar surface area (TPSA) is 111 Å². The Labute approximate surface area is 179 Å². The number of nitrogens with one attached hydrogen (secondary N) is 1. The van der Waals surface area contributed by atoms with E-state index in [0.29, 0.717) is 16.8 Å². The van der Waals surface area contributed by atoms with Gasteiger partial charge in [0.1, 0.15) is 17.2 Å². The fourth-order valence-corrected chi connectivity index (χ4v) is 4.34. The van der Waals surface area contributed by atoms with E-state index >= 15 is 0 Å². The number of amides is 1. The normalized spacial score (nSPS) is 14.1. The predicted octanol–water partition coefficient (Wildman–Crippen LogP) is 2.50. The second kappa shape index (κ2) is 8.41. The zero-order valence-corrected chi connectivity index (χ0v) is 17.0. The van der Waals surface area contributed by atoms with Crippen LogP contribution in [0.5, 0.6) is 5.75 Å². The molecular formula is C22H18N4O4S. The van der Waals surface area contributed by atoms with Gasteiger partial charge in [0, 0.05) is 16.8 Å². The smallest absolute Gasteiger partial charge is 0.285 e. The number of sulfonamides is 1. The van der Waals surface area contributed by atoms with E-state index in [2.05, 4.69) is 14.9 Å². The van der Waals surface area contributed by atoms with Gasteiger partial charge >= 0.3 is 0 Å². The Balaban J connectivity index is 1.60.